The quantitative estimate of drug-likeness (QED) is 0.211. The van der Waals surface area contributed by atoms with Crippen LogP contribution in [0.2, 0.25) is 0 Å². The molecule has 1 heterocycles. The van der Waals surface area contributed by atoms with Gasteiger partial charge >= 0.3 is 0 Å². The summed E-state index contributed by atoms with van der Waals surface area (Å²) in [5, 5.41) is 6.71. The smallest absolute Gasteiger partial charge is 0.191 e. The van der Waals surface area contributed by atoms with Gasteiger partial charge in [-0.05, 0) is 25.1 Å². The molecule has 0 spiro atoms. The molecule has 3 aromatic rings. The van der Waals surface area contributed by atoms with Crippen LogP contribution in [0, 0.1) is 6.92 Å². The van der Waals surface area contributed by atoms with E-state index in [1.165, 1.54) is 0 Å². The van der Waals surface area contributed by atoms with Gasteiger partial charge in [0.15, 0.2) is 5.96 Å². The van der Waals surface area contributed by atoms with Crippen molar-refractivity contribution in [3.05, 3.63) is 72.6 Å². The summed E-state index contributed by atoms with van der Waals surface area (Å²) in [6.07, 6.45) is 1.74. The van der Waals surface area contributed by atoms with Gasteiger partial charge in [0.1, 0.15) is 18.2 Å². The van der Waals surface area contributed by atoms with Crippen molar-refractivity contribution in [3.8, 4) is 5.75 Å². The van der Waals surface area contributed by atoms with Gasteiger partial charge in [-0.1, -0.05) is 43.0 Å². The number of nitrogens with zero attached hydrogens (tertiary/aromatic N) is 3. The predicted molar refractivity (Wildman–Crippen MR) is 130 cm³/mol. The van der Waals surface area contributed by atoms with Crippen LogP contribution in [0.3, 0.4) is 0 Å². The summed E-state index contributed by atoms with van der Waals surface area (Å²) in [4.78, 5) is 8.92. The van der Waals surface area contributed by atoms with Crippen molar-refractivity contribution in [2.24, 2.45) is 4.99 Å². The summed E-state index contributed by atoms with van der Waals surface area (Å²) in [6.45, 7) is 8.40. The number of imidazole rings is 1. The third-order valence-electron chi connectivity index (χ3n) is 4.47. The molecule has 0 aliphatic carbocycles. The van der Waals surface area contributed by atoms with Gasteiger partial charge in [0.25, 0.3) is 0 Å². The van der Waals surface area contributed by atoms with Crippen molar-refractivity contribution in [2.45, 2.75) is 20.0 Å². The van der Waals surface area contributed by atoms with Crippen LogP contribution in [0.1, 0.15) is 11.4 Å². The molecule has 0 saturated heterocycles. The average Bonchev–Trinajstić information content (AvgIpc) is 3.04. The fraction of sp³-hybridized carbons (Fsp3) is 0.273. The van der Waals surface area contributed by atoms with Gasteiger partial charge in [-0.15, -0.1) is 24.0 Å². The lowest BCUT2D eigenvalue weighted by Crippen LogP contribution is -2.38. The highest BCUT2D eigenvalue weighted by Crippen LogP contribution is 2.17. The molecular weight excluding hydrogens is 477 g/mol. The van der Waals surface area contributed by atoms with Gasteiger partial charge in [-0.25, -0.2) is 4.98 Å². The fourth-order valence-electron chi connectivity index (χ4n) is 3.10. The van der Waals surface area contributed by atoms with E-state index < -0.39 is 0 Å². The number of rotatable bonds is 8. The van der Waals surface area contributed by atoms with E-state index >= 15 is 0 Å². The highest BCUT2D eigenvalue weighted by Gasteiger charge is 2.07. The van der Waals surface area contributed by atoms with Crippen LogP contribution in [-0.4, -0.2) is 35.7 Å². The summed E-state index contributed by atoms with van der Waals surface area (Å²) in [5.41, 5.74) is 3.25. The van der Waals surface area contributed by atoms with Gasteiger partial charge in [0.2, 0.25) is 0 Å². The second-order valence-corrected chi connectivity index (χ2v) is 6.36. The molecule has 0 radical (unpaired) electrons. The lowest BCUT2D eigenvalue weighted by molar-refractivity contribution is 0.358. The maximum absolute atomic E-state index is 5.71. The zero-order chi connectivity index (χ0) is 19.8. The Morgan fingerprint density at radius 1 is 1.17 bits per heavy atom. The fourth-order valence-corrected chi connectivity index (χ4v) is 3.10. The highest BCUT2D eigenvalue weighted by molar-refractivity contribution is 14.0. The van der Waals surface area contributed by atoms with Crippen molar-refractivity contribution in [1.29, 1.82) is 0 Å². The van der Waals surface area contributed by atoms with Crippen LogP contribution >= 0.6 is 24.0 Å². The summed E-state index contributed by atoms with van der Waals surface area (Å²) in [7, 11) is 1.77. The van der Waals surface area contributed by atoms with Crippen molar-refractivity contribution in [2.75, 3.05) is 20.2 Å². The molecule has 0 unspecified atom stereocenters. The van der Waals surface area contributed by atoms with Gasteiger partial charge in [-0.3, -0.25) is 4.99 Å². The molecular formula is C22H28IN5O. The third-order valence-corrected chi connectivity index (χ3v) is 4.47. The van der Waals surface area contributed by atoms with Crippen LogP contribution in [-0.2, 0) is 13.1 Å². The standard InChI is InChI=1S/C22H27N5O.HI/c1-4-15-28-21-12-8-5-9-18(21)16-25-22(23-3)24-13-14-27-17(2)26-19-10-6-7-11-20(19)27;/h4-12H,1,13-16H2,2-3H3,(H2,23,24,25);1H. The molecule has 0 saturated carbocycles. The Balaban J connectivity index is 0.00000300. The van der Waals surface area contributed by atoms with Crippen LogP contribution in [0.5, 0.6) is 5.75 Å². The minimum atomic E-state index is 0. The van der Waals surface area contributed by atoms with E-state index in [0.717, 1.165) is 47.2 Å². The molecule has 0 bridgehead atoms. The zero-order valence-electron chi connectivity index (χ0n) is 16.9. The lowest BCUT2D eigenvalue weighted by Gasteiger charge is -2.15. The number of aliphatic imine (C=N–C) groups is 1. The SMILES string of the molecule is C=CCOc1ccccc1CNC(=NC)NCCn1c(C)nc2ccccc21.I. The second-order valence-electron chi connectivity index (χ2n) is 6.36. The summed E-state index contributed by atoms with van der Waals surface area (Å²) in [5.74, 6) is 2.62. The van der Waals surface area contributed by atoms with Crippen LogP contribution < -0.4 is 15.4 Å². The largest absolute Gasteiger partial charge is 0.489 e. The molecule has 0 amide bonds. The minimum absolute atomic E-state index is 0. The molecule has 154 valence electrons. The van der Waals surface area contributed by atoms with E-state index in [2.05, 4.69) is 37.8 Å². The predicted octanol–water partition coefficient (Wildman–Crippen LogP) is 3.89. The second kappa shape index (κ2) is 11.5. The number of guanidine groups is 1. The van der Waals surface area contributed by atoms with E-state index in [1.807, 2.05) is 49.4 Å². The first-order valence-electron chi connectivity index (χ1n) is 9.41. The molecule has 29 heavy (non-hydrogen) atoms. The number of aromatic nitrogens is 2. The van der Waals surface area contributed by atoms with E-state index in [0.29, 0.717) is 13.2 Å². The molecule has 0 fully saturated rings. The Morgan fingerprint density at radius 3 is 2.72 bits per heavy atom. The highest BCUT2D eigenvalue weighted by atomic mass is 127. The number of aryl methyl sites for hydroxylation is 1. The summed E-state index contributed by atoms with van der Waals surface area (Å²) < 4.78 is 7.92. The van der Waals surface area contributed by atoms with Crippen LogP contribution in [0.15, 0.2) is 66.2 Å². The average molecular weight is 505 g/mol. The Labute approximate surface area is 189 Å². The number of para-hydroxylation sites is 3. The van der Waals surface area contributed by atoms with E-state index in [-0.39, 0.29) is 24.0 Å². The topological polar surface area (TPSA) is 63.5 Å². The maximum Gasteiger partial charge on any atom is 0.191 e. The first-order valence-corrected chi connectivity index (χ1v) is 9.41. The number of halogens is 1. The summed E-state index contributed by atoms with van der Waals surface area (Å²) >= 11 is 0. The van der Waals surface area contributed by atoms with Crippen molar-refractivity contribution in [3.63, 3.8) is 0 Å². The number of hydrogen-bond acceptors (Lipinski definition) is 3. The maximum atomic E-state index is 5.71. The van der Waals surface area contributed by atoms with Crippen molar-refractivity contribution < 1.29 is 4.74 Å². The Hall–Kier alpha value is -2.55. The van der Waals surface area contributed by atoms with Gasteiger partial charge in [0.05, 0.1) is 11.0 Å². The van der Waals surface area contributed by atoms with Gasteiger partial charge < -0.3 is 19.9 Å². The molecule has 0 aliphatic heterocycles. The molecule has 3 rings (SSSR count). The van der Waals surface area contributed by atoms with Gasteiger partial charge in [-0.2, -0.15) is 0 Å². The molecule has 6 nitrogen and oxygen atoms in total. The Kier molecular flexibility index (Phi) is 8.98. The lowest BCUT2D eigenvalue weighted by atomic mass is 10.2. The number of benzene rings is 2. The number of ether oxygens (including phenoxy) is 1. The zero-order valence-corrected chi connectivity index (χ0v) is 19.2. The first-order chi connectivity index (χ1) is 13.7. The van der Waals surface area contributed by atoms with Crippen LogP contribution in [0.25, 0.3) is 11.0 Å². The molecule has 0 atom stereocenters. The molecule has 2 aromatic carbocycles. The Morgan fingerprint density at radius 2 is 1.93 bits per heavy atom. The molecule has 7 heteroatoms. The third kappa shape index (κ3) is 5.96. The Bertz CT molecular complexity index is 967. The van der Waals surface area contributed by atoms with E-state index in [9.17, 15) is 0 Å². The minimum Gasteiger partial charge on any atom is -0.489 e. The van der Waals surface area contributed by atoms with Crippen LogP contribution in [0.4, 0.5) is 0 Å². The van der Waals surface area contributed by atoms with Crippen molar-refractivity contribution >= 4 is 41.0 Å². The van der Waals surface area contributed by atoms with E-state index in [1.54, 1.807) is 13.1 Å². The number of hydrogen-bond donors (Lipinski definition) is 2. The summed E-state index contributed by atoms with van der Waals surface area (Å²) in [6, 6.07) is 16.2. The van der Waals surface area contributed by atoms with Crippen molar-refractivity contribution in [1.82, 2.24) is 20.2 Å². The molecule has 1 aromatic heterocycles. The number of fused-ring (bicyclic) bond motifs is 1. The first kappa shape index (κ1) is 22.7. The molecule has 0 aliphatic rings. The normalized spacial score (nSPS) is 11.0. The van der Waals surface area contributed by atoms with Gasteiger partial charge in [0, 0.05) is 32.2 Å². The number of nitrogens with one attached hydrogen (secondary N) is 2. The monoisotopic (exact) mass is 505 g/mol. The molecule has 2 N–H and O–H groups in total. The van der Waals surface area contributed by atoms with E-state index in [4.69, 9.17) is 4.74 Å².